The van der Waals surface area contributed by atoms with Crippen molar-refractivity contribution in [1.29, 1.82) is 0 Å². The number of ether oxygens (including phenoxy) is 1. The number of oxime groups is 1. The number of hydrogen-bond donors (Lipinski definition) is 1. The predicted molar refractivity (Wildman–Crippen MR) is 88.3 cm³/mol. The molecular weight excluding hydrogens is 352 g/mol. The Morgan fingerprint density at radius 1 is 1.27 bits per heavy atom. The highest BCUT2D eigenvalue weighted by Gasteiger charge is 2.09. The molecule has 0 aliphatic rings. The van der Waals surface area contributed by atoms with Crippen LogP contribution in [0.25, 0.3) is 0 Å². The van der Waals surface area contributed by atoms with Gasteiger partial charge >= 0.3 is 6.61 Å². The summed E-state index contributed by atoms with van der Waals surface area (Å²) in [6.45, 7) is -3.46. The molecule has 0 aliphatic carbocycles. The minimum atomic E-state index is -2.98. The van der Waals surface area contributed by atoms with Gasteiger partial charge in [0.1, 0.15) is 5.75 Å². The van der Waals surface area contributed by atoms with Crippen LogP contribution in [-0.4, -0.2) is 30.3 Å². The van der Waals surface area contributed by atoms with E-state index in [4.69, 9.17) is 4.84 Å². The van der Waals surface area contributed by atoms with Gasteiger partial charge < -0.3 is 14.9 Å². The van der Waals surface area contributed by atoms with Crippen molar-refractivity contribution in [2.45, 2.75) is 6.61 Å². The summed E-state index contributed by atoms with van der Waals surface area (Å²) in [5, 5.41) is 16.6. The second kappa shape index (κ2) is 9.06. The molecule has 0 saturated carbocycles. The Morgan fingerprint density at radius 3 is 2.77 bits per heavy atom. The van der Waals surface area contributed by atoms with Gasteiger partial charge in [-0.1, -0.05) is 23.4 Å². The summed E-state index contributed by atoms with van der Waals surface area (Å²) in [4.78, 5) is 26.6. The number of alkyl halides is 2. The van der Waals surface area contributed by atoms with Gasteiger partial charge in [-0.25, -0.2) is 0 Å². The average molecular weight is 365 g/mol. The van der Waals surface area contributed by atoms with Gasteiger partial charge in [-0.3, -0.25) is 14.9 Å². The first-order valence-corrected chi connectivity index (χ1v) is 7.19. The van der Waals surface area contributed by atoms with Crippen LogP contribution < -0.4 is 10.1 Å². The molecule has 0 aliphatic heterocycles. The maximum absolute atomic E-state index is 12.3. The normalized spacial score (nSPS) is 10.7. The molecule has 2 aromatic carbocycles. The Morgan fingerprint density at radius 2 is 2.04 bits per heavy atom. The van der Waals surface area contributed by atoms with Gasteiger partial charge in [0.15, 0.2) is 6.61 Å². The van der Waals surface area contributed by atoms with Crippen LogP contribution in [0.3, 0.4) is 0 Å². The number of carbonyl (C=O) groups is 1. The number of non-ortho nitro benzene ring substituents is 1. The lowest BCUT2D eigenvalue weighted by atomic mass is 10.2. The zero-order chi connectivity index (χ0) is 18.9. The fraction of sp³-hybridized carbons (Fsp3) is 0.125. The lowest BCUT2D eigenvalue weighted by Crippen LogP contribution is -2.17. The highest BCUT2D eigenvalue weighted by molar-refractivity contribution is 5.92. The van der Waals surface area contributed by atoms with E-state index in [0.717, 1.165) is 6.21 Å². The third-order valence-corrected chi connectivity index (χ3v) is 2.94. The van der Waals surface area contributed by atoms with Gasteiger partial charge in [-0.2, -0.15) is 8.78 Å². The van der Waals surface area contributed by atoms with Crippen LogP contribution in [0.4, 0.5) is 20.2 Å². The number of nitro groups is 1. The highest BCUT2D eigenvalue weighted by atomic mass is 19.3. The lowest BCUT2D eigenvalue weighted by Gasteiger charge is -2.07. The fourth-order valence-electron chi connectivity index (χ4n) is 1.87. The van der Waals surface area contributed by atoms with Gasteiger partial charge in [-0.05, 0) is 18.2 Å². The third-order valence-electron chi connectivity index (χ3n) is 2.94. The van der Waals surface area contributed by atoms with E-state index >= 15 is 0 Å². The van der Waals surface area contributed by atoms with Crippen molar-refractivity contribution < 1.29 is 28.1 Å². The summed E-state index contributed by atoms with van der Waals surface area (Å²) < 4.78 is 28.9. The molecule has 0 aromatic heterocycles. The van der Waals surface area contributed by atoms with E-state index in [-0.39, 0.29) is 22.7 Å². The molecule has 10 heteroatoms. The molecule has 136 valence electrons. The lowest BCUT2D eigenvalue weighted by molar-refractivity contribution is -0.384. The predicted octanol–water partition coefficient (Wildman–Crippen LogP) is 3.19. The summed E-state index contributed by atoms with van der Waals surface area (Å²) in [5.74, 6) is -0.685. The summed E-state index contributed by atoms with van der Waals surface area (Å²) in [7, 11) is 0. The van der Waals surface area contributed by atoms with Crippen molar-refractivity contribution in [1.82, 2.24) is 0 Å². The van der Waals surface area contributed by atoms with Crippen molar-refractivity contribution in [2.24, 2.45) is 5.16 Å². The van der Waals surface area contributed by atoms with E-state index in [2.05, 4.69) is 15.2 Å². The quantitative estimate of drug-likeness (QED) is 0.440. The highest BCUT2D eigenvalue weighted by Crippen LogP contribution is 2.18. The molecule has 0 bridgehead atoms. The number of halogens is 2. The fourth-order valence-corrected chi connectivity index (χ4v) is 1.87. The van der Waals surface area contributed by atoms with E-state index in [9.17, 15) is 23.7 Å². The minimum Gasteiger partial charge on any atom is -0.434 e. The molecular formula is C16H13F2N3O5. The van der Waals surface area contributed by atoms with E-state index < -0.39 is 24.0 Å². The van der Waals surface area contributed by atoms with Crippen LogP contribution in [0.5, 0.6) is 5.75 Å². The van der Waals surface area contributed by atoms with Crippen LogP contribution in [0, 0.1) is 10.1 Å². The molecule has 1 N–H and O–H groups in total. The number of rotatable bonds is 8. The molecule has 2 aromatic rings. The van der Waals surface area contributed by atoms with Crippen LogP contribution in [0.15, 0.2) is 53.7 Å². The molecule has 1 amide bonds. The van der Waals surface area contributed by atoms with E-state index in [1.54, 1.807) is 6.07 Å². The zero-order valence-corrected chi connectivity index (χ0v) is 13.2. The van der Waals surface area contributed by atoms with Crippen LogP contribution in [0.1, 0.15) is 5.56 Å². The van der Waals surface area contributed by atoms with Crippen molar-refractivity contribution in [3.63, 3.8) is 0 Å². The Balaban J connectivity index is 1.88. The Kier molecular flexibility index (Phi) is 6.54. The number of hydrogen-bond acceptors (Lipinski definition) is 6. The average Bonchev–Trinajstić information content (AvgIpc) is 2.59. The minimum absolute atomic E-state index is 0.0871. The molecule has 26 heavy (non-hydrogen) atoms. The van der Waals surface area contributed by atoms with Crippen molar-refractivity contribution >= 4 is 23.5 Å². The van der Waals surface area contributed by atoms with Crippen LogP contribution in [0.2, 0.25) is 0 Å². The molecule has 0 atom stereocenters. The Hall–Kier alpha value is -3.56. The standard InChI is InChI=1S/C16H13F2N3O5/c17-16(18)26-14-7-2-1-4-11(14)9-19-25-10-15(22)20-12-5-3-6-13(8-12)21(23)24/h1-9,16H,10H2,(H,20,22)/b19-9-. The Bertz CT molecular complexity index is 814. The van der Waals surface area contributed by atoms with Crippen molar-refractivity contribution in [2.75, 3.05) is 11.9 Å². The molecule has 8 nitrogen and oxygen atoms in total. The summed E-state index contributed by atoms with van der Waals surface area (Å²) in [5.41, 5.74) is 0.303. The van der Waals surface area contributed by atoms with Crippen molar-refractivity contribution in [3.8, 4) is 5.75 Å². The maximum Gasteiger partial charge on any atom is 0.387 e. The third kappa shape index (κ3) is 5.82. The number of carbonyl (C=O) groups excluding carboxylic acids is 1. The number of benzene rings is 2. The molecule has 0 spiro atoms. The van der Waals surface area contributed by atoms with Gasteiger partial charge in [0.2, 0.25) is 0 Å². The number of nitrogens with one attached hydrogen (secondary N) is 1. The number of nitro benzene ring substituents is 1. The number of nitrogens with zero attached hydrogens (tertiary/aromatic N) is 2. The van der Waals surface area contributed by atoms with Crippen LogP contribution >= 0.6 is 0 Å². The molecule has 0 saturated heterocycles. The number of amides is 1. The largest absolute Gasteiger partial charge is 0.434 e. The molecule has 2 rings (SSSR count). The number of para-hydroxylation sites is 1. The van der Waals surface area contributed by atoms with Crippen LogP contribution in [-0.2, 0) is 9.63 Å². The monoisotopic (exact) mass is 365 g/mol. The SMILES string of the molecule is O=C(CO/N=C\c1ccccc1OC(F)F)Nc1cccc([N+](=O)[O-])c1. The first-order valence-electron chi connectivity index (χ1n) is 7.19. The van der Waals surface area contributed by atoms with E-state index in [0.29, 0.717) is 0 Å². The van der Waals surface area contributed by atoms with Gasteiger partial charge in [-0.15, -0.1) is 0 Å². The first kappa shape index (κ1) is 18.8. The second-order valence-electron chi connectivity index (χ2n) is 4.78. The van der Waals surface area contributed by atoms with E-state index in [1.165, 1.54) is 42.5 Å². The molecule has 0 radical (unpaired) electrons. The van der Waals surface area contributed by atoms with E-state index in [1.807, 2.05) is 0 Å². The number of anilines is 1. The van der Waals surface area contributed by atoms with Gasteiger partial charge in [0.05, 0.1) is 11.1 Å². The molecule has 0 heterocycles. The zero-order valence-electron chi connectivity index (χ0n) is 13.2. The smallest absolute Gasteiger partial charge is 0.387 e. The summed E-state index contributed by atoms with van der Waals surface area (Å²) in [6.07, 6.45) is 1.12. The van der Waals surface area contributed by atoms with Gasteiger partial charge in [0, 0.05) is 23.4 Å². The topological polar surface area (TPSA) is 103 Å². The molecule has 0 unspecified atom stereocenters. The summed E-state index contributed by atoms with van der Waals surface area (Å²) >= 11 is 0. The van der Waals surface area contributed by atoms with Gasteiger partial charge in [0.25, 0.3) is 11.6 Å². The molecule has 0 fully saturated rings. The second-order valence-corrected chi connectivity index (χ2v) is 4.78. The van der Waals surface area contributed by atoms with Crippen molar-refractivity contribution in [3.05, 3.63) is 64.2 Å². The maximum atomic E-state index is 12.3. The first-order chi connectivity index (χ1) is 12.5. The summed E-state index contributed by atoms with van der Waals surface area (Å²) in [6, 6.07) is 11.3. The Labute approximate surface area is 146 Å².